The Bertz CT molecular complexity index is 1010. The molecule has 1 aromatic heterocycles. The molecule has 2 aromatic carbocycles. The van der Waals surface area contributed by atoms with Crippen molar-refractivity contribution in [2.45, 2.75) is 50.1 Å². The minimum atomic E-state index is -0.221. The highest BCUT2D eigenvalue weighted by molar-refractivity contribution is 5.81. The molecule has 1 N–H and O–H groups in total. The average Bonchev–Trinajstić information content (AvgIpc) is 3.28. The predicted molar refractivity (Wildman–Crippen MR) is 113 cm³/mol. The van der Waals surface area contributed by atoms with Crippen molar-refractivity contribution in [3.8, 4) is 11.5 Å². The quantitative estimate of drug-likeness (QED) is 0.576. The summed E-state index contributed by atoms with van der Waals surface area (Å²) in [6.07, 6.45) is 5.74. The second-order valence-electron chi connectivity index (χ2n) is 8.37. The summed E-state index contributed by atoms with van der Waals surface area (Å²) >= 11 is 0. The van der Waals surface area contributed by atoms with E-state index in [1.54, 1.807) is 13.2 Å². The fourth-order valence-electron chi connectivity index (χ4n) is 5.30. The van der Waals surface area contributed by atoms with Gasteiger partial charge in [0.1, 0.15) is 5.82 Å². The van der Waals surface area contributed by atoms with Gasteiger partial charge in [-0.1, -0.05) is 6.07 Å². The summed E-state index contributed by atoms with van der Waals surface area (Å²) in [5, 5.41) is 8.65. The number of nitrogens with zero attached hydrogens (tertiary/aromatic N) is 2. The van der Waals surface area contributed by atoms with E-state index in [0.29, 0.717) is 24.6 Å². The van der Waals surface area contributed by atoms with Crippen LogP contribution in [0.1, 0.15) is 43.7 Å². The number of aromatic amines is 1. The number of halogens is 1. The van der Waals surface area contributed by atoms with Gasteiger partial charge in [-0.05, 0) is 68.5 Å². The number of nitrogens with one attached hydrogen (secondary N) is 1. The Labute approximate surface area is 176 Å². The molecule has 157 valence electrons. The third-order valence-electron chi connectivity index (χ3n) is 6.65. The Morgan fingerprint density at radius 1 is 1.20 bits per heavy atom. The minimum absolute atomic E-state index is 0.221. The number of rotatable bonds is 7. The fraction of sp³-hybridized carbons (Fsp3) is 0.458. The zero-order valence-electron chi connectivity index (χ0n) is 17.2. The maximum absolute atomic E-state index is 13.5. The van der Waals surface area contributed by atoms with Gasteiger partial charge in [0.15, 0.2) is 11.5 Å². The molecule has 2 unspecified atom stereocenters. The van der Waals surface area contributed by atoms with Gasteiger partial charge in [0.2, 0.25) is 0 Å². The maximum Gasteiger partial charge on any atom is 0.161 e. The van der Waals surface area contributed by atoms with Crippen molar-refractivity contribution in [1.82, 2.24) is 15.1 Å². The Hall–Kier alpha value is -2.60. The molecular formula is C24H27FN3O2. The summed E-state index contributed by atoms with van der Waals surface area (Å²) in [5.41, 5.74) is 1.91. The van der Waals surface area contributed by atoms with Crippen LogP contribution in [0.5, 0.6) is 11.5 Å². The number of methoxy groups -OCH3 is 1. The summed E-state index contributed by atoms with van der Waals surface area (Å²) in [7, 11) is 1.65. The molecule has 3 aromatic rings. The van der Waals surface area contributed by atoms with Crippen LogP contribution in [0.4, 0.5) is 4.39 Å². The first-order valence-corrected chi connectivity index (χ1v) is 10.8. The van der Waals surface area contributed by atoms with Crippen LogP contribution in [-0.2, 0) is 0 Å². The van der Waals surface area contributed by atoms with Gasteiger partial charge in [-0.2, -0.15) is 5.10 Å². The van der Waals surface area contributed by atoms with Gasteiger partial charge in [0.25, 0.3) is 0 Å². The highest BCUT2D eigenvalue weighted by atomic mass is 19.1. The standard InChI is InChI=1S/C24H27FN3O2/c1-29-22-5-2-3-6-23(22)30-12-4-11-28-18-8-9-19(28)14-16(13-18)24-20-10-7-17(25)15-21(20)26-27-24/h3,5-7,10,15-16,18-19H,4,8-9,11-14H2,1H3,(H,26,27). The van der Waals surface area contributed by atoms with E-state index >= 15 is 0 Å². The molecule has 0 aliphatic carbocycles. The van der Waals surface area contributed by atoms with E-state index < -0.39 is 0 Å². The van der Waals surface area contributed by atoms with E-state index in [4.69, 9.17) is 9.47 Å². The molecule has 2 atom stereocenters. The number of aromatic nitrogens is 2. The highest BCUT2D eigenvalue weighted by Crippen LogP contribution is 2.44. The largest absolute Gasteiger partial charge is 0.493 e. The molecule has 0 saturated carbocycles. The van der Waals surface area contributed by atoms with Crippen molar-refractivity contribution in [2.24, 2.45) is 0 Å². The van der Waals surface area contributed by atoms with Crippen LogP contribution >= 0.6 is 0 Å². The molecule has 0 amide bonds. The fourth-order valence-corrected chi connectivity index (χ4v) is 5.30. The maximum atomic E-state index is 13.5. The van der Waals surface area contributed by atoms with E-state index in [9.17, 15) is 4.39 Å². The van der Waals surface area contributed by atoms with Crippen LogP contribution in [-0.4, -0.2) is 47.4 Å². The highest BCUT2D eigenvalue weighted by Gasteiger charge is 2.41. The molecule has 1 radical (unpaired) electrons. The van der Waals surface area contributed by atoms with E-state index in [1.807, 2.05) is 18.2 Å². The van der Waals surface area contributed by atoms with E-state index in [2.05, 4.69) is 21.2 Å². The van der Waals surface area contributed by atoms with Crippen LogP contribution in [0.15, 0.2) is 36.4 Å². The molecule has 5 nitrogen and oxygen atoms in total. The van der Waals surface area contributed by atoms with Gasteiger partial charge in [0.05, 0.1) is 24.9 Å². The number of hydrogen-bond donors (Lipinski definition) is 1. The Morgan fingerprint density at radius 3 is 2.83 bits per heavy atom. The number of H-pyrrole nitrogens is 1. The van der Waals surface area contributed by atoms with Crippen molar-refractivity contribution < 1.29 is 13.9 Å². The predicted octanol–water partition coefficient (Wildman–Crippen LogP) is 4.69. The van der Waals surface area contributed by atoms with Crippen LogP contribution in [0.3, 0.4) is 0 Å². The molecule has 0 spiro atoms. The number of ether oxygens (including phenoxy) is 2. The van der Waals surface area contributed by atoms with Gasteiger partial charge in [-0.25, -0.2) is 4.39 Å². The van der Waals surface area contributed by atoms with Gasteiger partial charge in [-0.3, -0.25) is 10.00 Å². The minimum Gasteiger partial charge on any atom is -0.493 e. The summed E-state index contributed by atoms with van der Waals surface area (Å²) in [6.45, 7) is 1.73. The molecule has 2 fully saturated rings. The van der Waals surface area contributed by atoms with Crippen molar-refractivity contribution >= 4 is 10.9 Å². The lowest BCUT2D eigenvalue weighted by atomic mass is 9.86. The number of benzene rings is 2. The lowest BCUT2D eigenvalue weighted by Crippen LogP contribution is -2.43. The third-order valence-corrected chi connectivity index (χ3v) is 6.65. The van der Waals surface area contributed by atoms with Crippen molar-refractivity contribution in [3.05, 3.63) is 54.0 Å². The first kappa shape index (κ1) is 19.4. The SMILES string of the molecule is COc1c[c]ccc1OCCCN1C2CCC1CC(c1n[nH]c3cc(F)ccc13)C2. The lowest BCUT2D eigenvalue weighted by molar-refractivity contribution is 0.117. The summed E-state index contributed by atoms with van der Waals surface area (Å²) in [4.78, 5) is 2.67. The van der Waals surface area contributed by atoms with Crippen LogP contribution in [0, 0.1) is 11.9 Å². The topological polar surface area (TPSA) is 50.4 Å². The molecule has 2 aliphatic rings. The van der Waals surface area contributed by atoms with E-state index in [0.717, 1.165) is 53.9 Å². The number of hydrogen-bond acceptors (Lipinski definition) is 4. The second-order valence-corrected chi connectivity index (χ2v) is 8.37. The molecule has 2 bridgehead atoms. The third kappa shape index (κ3) is 3.65. The Kier molecular flexibility index (Phi) is 5.34. The van der Waals surface area contributed by atoms with Gasteiger partial charge >= 0.3 is 0 Å². The summed E-state index contributed by atoms with van der Waals surface area (Å²) in [5.74, 6) is 1.73. The Morgan fingerprint density at radius 2 is 2.03 bits per heavy atom. The monoisotopic (exact) mass is 408 g/mol. The zero-order valence-corrected chi connectivity index (χ0v) is 17.2. The smallest absolute Gasteiger partial charge is 0.161 e. The van der Waals surface area contributed by atoms with Gasteiger partial charge in [0, 0.05) is 29.9 Å². The molecular weight excluding hydrogens is 381 g/mol. The summed E-state index contributed by atoms with van der Waals surface area (Å²) in [6, 6.07) is 14.7. The molecule has 3 heterocycles. The molecule has 30 heavy (non-hydrogen) atoms. The van der Waals surface area contributed by atoms with Crippen molar-refractivity contribution in [1.29, 1.82) is 0 Å². The second kappa shape index (κ2) is 8.26. The first-order valence-electron chi connectivity index (χ1n) is 10.8. The van der Waals surface area contributed by atoms with Crippen molar-refractivity contribution in [2.75, 3.05) is 20.3 Å². The van der Waals surface area contributed by atoms with Crippen LogP contribution in [0.2, 0.25) is 0 Å². The molecule has 2 aliphatic heterocycles. The lowest BCUT2D eigenvalue weighted by Gasteiger charge is -2.38. The number of piperidine rings is 1. The Balaban J connectivity index is 1.19. The molecule has 2 saturated heterocycles. The number of fused-ring (bicyclic) bond motifs is 3. The van der Waals surface area contributed by atoms with Gasteiger partial charge in [-0.15, -0.1) is 0 Å². The average molecular weight is 408 g/mol. The van der Waals surface area contributed by atoms with E-state index in [1.165, 1.54) is 25.0 Å². The van der Waals surface area contributed by atoms with E-state index in [-0.39, 0.29) is 5.82 Å². The first-order chi connectivity index (χ1) is 14.7. The van der Waals surface area contributed by atoms with Crippen molar-refractivity contribution in [3.63, 3.8) is 0 Å². The van der Waals surface area contributed by atoms with Crippen LogP contribution < -0.4 is 9.47 Å². The molecule has 5 rings (SSSR count). The molecule has 6 heteroatoms. The van der Waals surface area contributed by atoms with Gasteiger partial charge < -0.3 is 9.47 Å². The zero-order chi connectivity index (χ0) is 20.5. The summed E-state index contributed by atoms with van der Waals surface area (Å²) < 4.78 is 24.8. The normalized spacial score (nSPS) is 23.7. The van der Waals surface area contributed by atoms with Crippen LogP contribution in [0.25, 0.3) is 10.9 Å².